The van der Waals surface area contributed by atoms with Crippen molar-refractivity contribution in [3.8, 4) is 0 Å². The van der Waals surface area contributed by atoms with Gasteiger partial charge in [0.05, 0.1) is 5.92 Å². The van der Waals surface area contributed by atoms with Crippen molar-refractivity contribution in [1.29, 1.82) is 0 Å². The zero-order valence-corrected chi connectivity index (χ0v) is 9.76. The van der Waals surface area contributed by atoms with Crippen molar-refractivity contribution in [2.75, 3.05) is 0 Å². The van der Waals surface area contributed by atoms with Crippen LogP contribution in [-0.4, -0.2) is 20.6 Å². The van der Waals surface area contributed by atoms with Gasteiger partial charge in [-0.15, -0.1) is 0 Å². The minimum Gasteiger partial charge on any atom is -0.481 e. The molecule has 1 heterocycles. The largest absolute Gasteiger partial charge is 0.481 e. The van der Waals surface area contributed by atoms with Gasteiger partial charge in [-0.25, -0.2) is 4.98 Å². The second-order valence-corrected chi connectivity index (χ2v) is 4.79. The molecule has 0 bridgehead atoms. The van der Waals surface area contributed by atoms with Crippen LogP contribution in [0.4, 0.5) is 0 Å². The molecule has 1 fully saturated rings. The predicted molar refractivity (Wildman–Crippen MR) is 60.3 cm³/mol. The zero-order chi connectivity index (χ0) is 11.7. The Bertz CT molecular complexity index is 384. The fourth-order valence-electron chi connectivity index (χ4n) is 2.61. The number of aliphatic carboxylic acids is 1. The Morgan fingerprint density at radius 2 is 2.31 bits per heavy atom. The van der Waals surface area contributed by atoms with Crippen molar-refractivity contribution in [1.82, 2.24) is 9.55 Å². The van der Waals surface area contributed by atoms with E-state index in [1.807, 2.05) is 6.20 Å². The molecule has 16 heavy (non-hydrogen) atoms. The van der Waals surface area contributed by atoms with Gasteiger partial charge in [-0.1, -0.05) is 20.3 Å². The SMILES string of the molecule is CC(C)c1nccn1C1CCCC1C(=O)O. The highest BCUT2D eigenvalue weighted by Gasteiger charge is 2.35. The summed E-state index contributed by atoms with van der Waals surface area (Å²) in [4.78, 5) is 15.5. The van der Waals surface area contributed by atoms with E-state index in [2.05, 4.69) is 23.4 Å². The highest BCUT2D eigenvalue weighted by atomic mass is 16.4. The van der Waals surface area contributed by atoms with E-state index in [1.54, 1.807) is 6.20 Å². The first-order chi connectivity index (χ1) is 7.61. The molecule has 0 amide bonds. The summed E-state index contributed by atoms with van der Waals surface area (Å²) in [7, 11) is 0. The standard InChI is InChI=1S/C12H18N2O2/c1-8(2)11-13-6-7-14(11)10-5-3-4-9(10)12(15)16/h6-10H,3-5H2,1-2H3,(H,15,16). The lowest BCUT2D eigenvalue weighted by atomic mass is 10.0. The van der Waals surface area contributed by atoms with Crippen LogP contribution in [0.2, 0.25) is 0 Å². The van der Waals surface area contributed by atoms with Gasteiger partial charge in [0.2, 0.25) is 0 Å². The van der Waals surface area contributed by atoms with Crippen LogP contribution in [0, 0.1) is 5.92 Å². The van der Waals surface area contributed by atoms with Gasteiger partial charge in [0.1, 0.15) is 5.82 Å². The molecular formula is C12H18N2O2. The molecule has 2 rings (SSSR count). The molecule has 1 aromatic rings. The normalized spacial score (nSPS) is 25.2. The average molecular weight is 222 g/mol. The maximum Gasteiger partial charge on any atom is 0.308 e. The van der Waals surface area contributed by atoms with Gasteiger partial charge in [0.25, 0.3) is 0 Å². The second-order valence-electron chi connectivity index (χ2n) is 4.79. The van der Waals surface area contributed by atoms with Gasteiger partial charge in [0.15, 0.2) is 0 Å². The van der Waals surface area contributed by atoms with Crippen molar-refractivity contribution in [2.45, 2.75) is 45.1 Å². The molecule has 1 aliphatic carbocycles. The molecular weight excluding hydrogens is 204 g/mol. The summed E-state index contributed by atoms with van der Waals surface area (Å²) in [6, 6.07) is 0.0948. The van der Waals surface area contributed by atoms with Gasteiger partial charge >= 0.3 is 5.97 Å². The van der Waals surface area contributed by atoms with Crippen LogP contribution in [0.1, 0.15) is 50.9 Å². The Kier molecular flexibility index (Phi) is 2.99. The molecule has 4 nitrogen and oxygen atoms in total. The van der Waals surface area contributed by atoms with E-state index >= 15 is 0 Å². The number of nitrogens with zero attached hydrogens (tertiary/aromatic N) is 2. The highest BCUT2D eigenvalue weighted by molar-refractivity contribution is 5.71. The van der Waals surface area contributed by atoms with E-state index in [1.165, 1.54) is 0 Å². The van der Waals surface area contributed by atoms with E-state index in [0.29, 0.717) is 5.92 Å². The molecule has 4 heteroatoms. The van der Waals surface area contributed by atoms with E-state index in [9.17, 15) is 9.90 Å². The molecule has 0 spiro atoms. The molecule has 0 radical (unpaired) electrons. The van der Waals surface area contributed by atoms with Crippen molar-refractivity contribution < 1.29 is 9.90 Å². The third-order valence-electron chi connectivity index (χ3n) is 3.37. The molecule has 2 atom stereocenters. The zero-order valence-electron chi connectivity index (χ0n) is 9.76. The number of carboxylic acid groups (broad SMARTS) is 1. The first-order valence-corrected chi connectivity index (χ1v) is 5.86. The molecule has 2 unspecified atom stereocenters. The number of carboxylic acids is 1. The summed E-state index contributed by atoms with van der Waals surface area (Å²) in [5.41, 5.74) is 0. The number of rotatable bonds is 3. The van der Waals surface area contributed by atoms with Crippen LogP contribution in [-0.2, 0) is 4.79 Å². The van der Waals surface area contributed by atoms with Crippen molar-refractivity contribution in [2.24, 2.45) is 5.92 Å². The van der Waals surface area contributed by atoms with Crippen LogP contribution < -0.4 is 0 Å². The maximum absolute atomic E-state index is 11.2. The summed E-state index contributed by atoms with van der Waals surface area (Å²) >= 11 is 0. The summed E-state index contributed by atoms with van der Waals surface area (Å²) < 4.78 is 2.07. The first kappa shape index (κ1) is 11.2. The Hall–Kier alpha value is -1.32. The van der Waals surface area contributed by atoms with E-state index in [-0.39, 0.29) is 12.0 Å². The van der Waals surface area contributed by atoms with E-state index in [4.69, 9.17) is 0 Å². The lowest BCUT2D eigenvalue weighted by Crippen LogP contribution is -2.23. The van der Waals surface area contributed by atoms with Crippen LogP contribution in [0.5, 0.6) is 0 Å². The molecule has 0 aromatic carbocycles. The van der Waals surface area contributed by atoms with Crippen molar-refractivity contribution in [3.63, 3.8) is 0 Å². The van der Waals surface area contributed by atoms with Gasteiger partial charge < -0.3 is 9.67 Å². The predicted octanol–water partition coefficient (Wildman–Crippen LogP) is 2.43. The summed E-state index contributed by atoms with van der Waals surface area (Å²) in [5, 5.41) is 9.18. The van der Waals surface area contributed by atoms with Crippen LogP contribution >= 0.6 is 0 Å². The molecule has 0 aliphatic heterocycles. The number of hydrogen-bond donors (Lipinski definition) is 1. The molecule has 1 N–H and O–H groups in total. The minimum absolute atomic E-state index is 0.0948. The number of imidazole rings is 1. The third-order valence-corrected chi connectivity index (χ3v) is 3.37. The van der Waals surface area contributed by atoms with Gasteiger partial charge in [-0.3, -0.25) is 4.79 Å². The number of carbonyl (C=O) groups is 1. The summed E-state index contributed by atoms with van der Waals surface area (Å²) in [6.45, 7) is 4.17. The van der Waals surface area contributed by atoms with Crippen LogP contribution in [0.3, 0.4) is 0 Å². The number of hydrogen-bond acceptors (Lipinski definition) is 2. The number of aromatic nitrogens is 2. The first-order valence-electron chi connectivity index (χ1n) is 5.86. The maximum atomic E-state index is 11.2. The molecule has 0 saturated heterocycles. The van der Waals surface area contributed by atoms with Gasteiger partial charge in [-0.2, -0.15) is 0 Å². The highest BCUT2D eigenvalue weighted by Crippen LogP contribution is 2.37. The summed E-state index contributed by atoms with van der Waals surface area (Å²) in [5.74, 6) is 0.417. The quantitative estimate of drug-likeness (QED) is 0.854. The van der Waals surface area contributed by atoms with Gasteiger partial charge in [-0.05, 0) is 12.8 Å². The smallest absolute Gasteiger partial charge is 0.308 e. The Labute approximate surface area is 95.3 Å². The van der Waals surface area contributed by atoms with Crippen molar-refractivity contribution in [3.05, 3.63) is 18.2 Å². The average Bonchev–Trinajstić information content (AvgIpc) is 2.85. The van der Waals surface area contributed by atoms with Crippen LogP contribution in [0.25, 0.3) is 0 Å². The topological polar surface area (TPSA) is 55.1 Å². The lowest BCUT2D eigenvalue weighted by molar-refractivity contribution is -0.142. The Morgan fingerprint density at radius 3 is 2.94 bits per heavy atom. The monoisotopic (exact) mass is 222 g/mol. The molecule has 88 valence electrons. The third kappa shape index (κ3) is 1.84. The van der Waals surface area contributed by atoms with Crippen LogP contribution in [0.15, 0.2) is 12.4 Å². The van der Waals surface area contributed by atoms with E-state index in [0.717, 1.165) is 25.1 Å². The Balaban J connectivity index is 2.29. The fraction of sp³-hybridized carbons (Fsp3) is 0.667. The minimum atomic E-state index is -0.675. The van der Waals surface area contributed by atoms with E-state index < -0.39 is 5.97 Å². The molecule has 1 saturated carbocycles. The molecule has 1 aromatic heterocycles. The lowest BCUT2D eigenvalue weighted by Gasteiger charge is -2.21. The fourth-order valence-corrected chi connectivity index (χ4v) is 2.61. The van der Waals surface area contributed by atoms with Crippen molar-refractivity contribution >= 4 is 5.97 Å². The van der Waals surface area contributed by atoms with Gasteiger partial charge in [0, 0.05) is 24.4 Å². The Morgan fingerprint density at radius 1 is 1.56 bits per heavy atom. The summed E-state index contributed by atoms with van der Waals surface area (Å²) in [6.07, 6.45) is 6.42. The molecule has 1 aliphatic rings. The second kappa shape index (κ2) is 4.28.